The summed E-state index contributed by atoms with van der Waals surface area (Å²) in [4.78, 5) is 0. The molecule has 1 aromatic heterocycles. The highest BCUT2D eigenvalue weighted by molar-refractivity contribution is 7.92. The van der Waals surface area contributed by atoms with E-state index in [1.165, 1.54) is 0 Å². The third-order valence-electron chi connectivity index (χ3n) is 4.59. The van der Waals surface area contributed by atoms with Crippen molar-refractivity contribution in [1.29, 1.82) is 0 Å². The van der Waals surface area contributed by atoms with Gasteiger partial charge in [-0.25, -0.2) is 8.42 Å². The molecule has 26 heavy (non-hydrogen) atoms. The van der Waals surface area contributed by atoms with Crippen molar-refractivity contribution in [3.05, 3.63) is 34.4 Å². The van der Waals surface area contributed by atoms with Crippen LogP contribution in [0, 0.1) is 0 Å². The van der Waals surface area contributed by atoms with Gasteiger partial charge in [-0.1, -0.05) is 35.3 Å². The number of fused-ring (bicyclic) bond motifs is 1. The minimum absolute atomic E-state index is 0.0257. The van der Waals surface area contributed by atoms with E-state index in [9.17, 15) is 8.42 Å². The van der Waals surface area contributed by atoms with Crippen molar-refractivity contribution < 1.29 is 17.9 Å². The van der Waals surface area contributed by atoms with Gasteiger partial charge < -0.3 is 14.0 Å². The van der Waals surface area contributed by atoms with Gasteiger partial charge in [0.2, 0.25) is 10.0 Å². The van der Waals surface area contributed by atoms with Crippen LogP contribution in [0.5, 0.6) is 5.75 Å². The zero-order valence-corrected chi connectivity index (χ0v) is 16.2. The van der Waals surface area contributed by atoms with Crippen LogP contribution in [0.4, 0.5) is 5.82 Å². The quantitative estimate of drug-likeness (QED) is 0.826. The standard InChI is InChI=1S/C17H18Cl2N2O4S/c18-15-14(17-20-26(22,23)10-7-21(17)16(15)19)11-1-3-12(4-2-11)25-13-5-8-24-9-6-13/h1-4,13,20H,5-10H2. The van der Waals surface area contributed by atoms with Crippen LogP contribution < -0.4 is 9.46 Å². The second-order valence-electron chi connectivity index (χ2n) is 6.35. The third kappa shape index (κ3) is 3.41. The normalized spacial score (nSPS) is 19.6. The first-order valence-electron chi connectivity index (χ1n) is 8.37. The number of hydrogen-bond acceptors (Lipinski definition) is 4. The first-order valence-corrected chi connectivity index (χ1v) is 10.8. The average molecular weight is 417 g/mol. The van der Waals surface area contributed by atoms with Gasteiger partial charge in [-0.3, -0.25) is 4.72 Å². The zero-order valence-electron chi connectivity index (χ0n) is 13.9. The molecule has 0 unspecified atom stereocenters. The molecule has 0 aliphatic carbocycles. The van der Waals surface area contributed by atoms with Crippen molar-refractivity contribution in [2.45, 2.75) is 25.5 Å². The van der Waals surface area contributed by atoms with Crippen molar-refractivity contribution in [3.63, 3.8) is 0 Å². The fourth-order valence-corrected chi connectivity index (χ4v) is 4.83. The van der Waals surface area contributed by atoms with Gasteiger partial charge in [0.15, 0.2) is 0 Å². The molecule has 1 saturated heterocycles. The van der Waals surface area contributed by atoms with Crippen LogP contribution in [0.15, 0.2) is 24.3 Å². The van der Waals surface area contributed by atoms with Gasteiger partial charge in [-0.2, -0.15) is 0 Å². The Kier molecular flexibility index (Phi) is 4.81. The zero-order chi connectivity index (χ0) is 18.3. The van der Waals surface area contributed by atoms with E-state index in [0.29, 0.717) is 34.8 Å². The highest BCUT2D eigenvalue weighted by atomic mass is 35.5. The van der Waals surface area contributed by atoms with E-state index in [4.69, 9.17) is 32.7 Å². The van der Waals surface area contributed by atoms with E-state index >= 15 is 0 Å². The number of ether oxygens (including phenoxy) is 2. The summed E-state index contributed by atoms with van der Waals surface area (Å²) >= 11 is 12.7. The maximum Gasteiger partial charge on any atom is 0.235 e. The number of sulfonamides is 1. The largest absolute Gasteiger partial charge is 0.490 e. The summed E-state index contributed by atoms with van der Waals surface area (Å²) in [6.45, 7) is 1.70. The number of nitrogens with one attached hydrogen (secondary N) is 1. The minimum Gasteiger partial charge on any atom is -0.490 e. The Labute approximate surface area is 162 Å². The Bertz CT molecular complexity index is 919. The number of rotatable bonds is 3. The van der Waals surface area contributed by atoms with Crippen molar-refractivity contribution >= 4 is 39.0 Å². The fraction of sp³-hybridized carbons (Fsp3) is 0.412. The van der Waals surface area contributed by atoms with Crippen LogP contribution in [0.1, 0.15) is 12.8 Å². The van der Waals surface area contributed by atoms with E-state index in [2.05, 4.69) is 4.72 Å². The number of benzene rings is 1. The van der Waals surface area contributed by atoms with E-state index < -0.39 is 10.0 Å². The summed E-state index contributed by atoms with van der Waals surface area (Å²) in [5.74, 6) is 1.14. The van der Waals surface area contributed by atoms with Crippen LogP contribution >= 0.6 is 23.2 Å². The maximum atomic E-state index is 12.0. The molecule has 2 aliphatic rings. The lowest BCUT2D eigenvalue weighted by atomic mass is 10.1. The summed E-state index contributed by atoms with van der Waals surface area (Å²) in [5, 5.41) is 0.672. The molecule has 1 fully saturated rings. The lowest BCUT2D eigenvalue weighted by Gasteiger charge is -2.23. The molecule has 6 nitrogen and oxygen atoms in total. The minimum atomic E-state index is -3.38. The highest BCUT2D eigenvalue weighted by Gasteiger charge is 2.29. The lowest BCUT2D eigenvalue weighted by Crippen LogP contribution is -2.27. The number of nitrogens with zero attached hydrogens (tertiary/aromatic N) is 1. The van der Waals surface area contributed by atoms with Crippen molar-refractivity contribution in [1.82, 2.24) is 4.57 Å². The Morgan fingerprint density at radius 1 is 1.15 bits per heavy atom. The summed E-state index contributed by atoms with van der Waals surface area (Å²) in [6.07, 6.45) is 1.90. The molecule has 1 N–H and O–H groups in total. The summed E-state index contributed by atoms with van der Waals surface area (Å²) < 4.78 is 39.5. The third-order valence-corrected chi connectivity index (χ3v) is 6.68. The van der Waals surface area contributed by atoms with Crippen LogP contribution in [-0.2, 0) is 21.3 Å². The molecule has 2 aromatic rings. The van der Waals surface area contributed by atoms with E-state index in [1.807, 2.05) is 24.3 Å². The van der Waals surface area contributed by atoms with Gasteiger partial charge in [0, 0.05) is 24.9 Å². The second-order valence-corrected chi connectivity index (χ2v) is 8.93. The van der Waals surface area contributed by atoms with Gasteiger partial charge in [-0.15, -0.1) is 0 Å². The van der Waals surface area contributed by atoms with Gasteiger partial charge >= 0.3 is 0 Å². The predicted octanol–water partition coefficient (Wildman–Crippen LogP) is 3.78. The van der Waals surface area contributed by atoms with Crippen molar-refractivity contribution in [3.8, 4) is 16.9 Å². The molecule has 1 aromatic carbocycles. The Balaban J connectivity index is 1.64. The summed E-state index contributed by atoms with van der Waals surface area (Å²) in [7, 11) is -3.38. The molecule has 3 heterocycles. The fourth-order valence-electron chi connectivity index (χ4n) is 3.23. The first kappa shape index (κ1) is 18.0. The highest BCUT2D eigenvalue weighted by Crippen LogP contribution is 2.44. The summed E-state index contributed by atoms with van der Waals surface area (Å²) in [6, 6.07) is 7.43. The first-order chi connectivity index (χ1) is 12.4. The van der Waals surface area contributed by atoms with Crippen LogP contribution in [0.3, 0.4) is 0 Å². The van der Waals surface area contributed by atoms with Gasteiger partial charge in [0.05, 0.1) is 24.0 Å². The molecular weight excluding hydrogens is 399 g/mol. The van der Waals surface area contributed by atoms with Gasteiger partial charge in [0.25, 0.3) is 0 Å². The average Bonchev–Trinajstić information content (AvgIpc) is 2.86. The SMILES string of the molecule is O=S1(=O)CCn2c(Cl)c(Cl)c(-c3ccc(OC4CCOCC4)cc3)c2N1. The second kappa shape index (κ2) is 6.96. The van der Waals surface area contributed by atoms with Gasteiger partial charge in [0.1, 0.15) is 22.8 Å². The monoisotopic (exact) mass is 416 g/mol. The van der Waals surface area contributed by atoms with Crippen LogP contribution in [0.25, 0.3) is 11.1 Å². The molecule has 0 atom stereocenters. The lowest BCUT2D eigenvalue weighted by molar-refractivity contribution is 0.0256. The maximum absolute atomic E-state index is 12.0. The number of aromatic nitrogens is 1. The topological polar surface area (TPSA) is 69.6 Å². The predicted molar refractivity (Wildman–Crippen MR) is 102 cm³/mol. The van der Waals surface area contributed by atoms with E-state index in [-0.39, 0.29) is 18.4 Å². The van der Waals surface area contributed by atoms with E-state index in [0.717, 1.165) is 24.2 Å². The van der Waals surface area contributed by atoms with Crippen molar-refractivity contribution in [2.24, 2.45) is 0 Å². The molecule has 9 heteroatoms. The molecule has 0 bridgehead atoms. The number of hydrogen-bond donors (Lipinski definition) is 1. The van der Waals surface area contributed by atoms with Crippen LogP contribution in [0.2, 0.25) is 10.2 Å². The van der Waals surface area contributed by atoms with Crippen molar-refractivity contribution in [2.75, 3.05) is 23.7 Å². The smallest absolute Gasteiger partial charge is 0.235 e. The molecular formula is C17H18Cl2N2O4S. The molecule has 0 saturated carbocycles. The molecule has 0 spiro atoms. The molecule has 2 aliphatic heterocycles. The van der Waals surface area contributed by atoms with E-state index in [1.54, 1.807) is 4.57 Å². The summed E-state index contributed by atoms with van der Waals surface area (Å²) in [5.41, 5.74) is 1.35. The molecule has 4 rings (SSSR count). The Hall–Kier alpha value is -1.41. The Morgan fingerprint density at radius 3 is 2.54 bits per heavy atom. The molecule has 140 valence electrons. The molecule has 0 amide bonds. The molecule has 0 radical (unpaired) electrons. The van der Waals surface area contributed by atoms with Crippen LogP contribution in [-0.4, -0.2) is 38.1 Å². The van der Waals surface area contributed by atoms with Gasteiger partial charge in [-0.05, 0) is 17.7 Å². The Morgan fingerprint density at radius 2 is 1.85 bits per heavy atom. The number of halogens is 2. The number of anilines is 1.